The first-order valence-corrected chi connectivity index (χ1v) is 7.03. The van der Waals surface area contributed by atoms with E-state index < -0.39 is 5.60 Å². The van der Waals surface area contributed by atoms with E-state index in [2.05, 4.69) is 16.0 Å². The Morgan fingerprint density at radius 2 is 2.24 bits per heavy atom. The van der Waals surface area contributed by atoms with Gasteiger partial charge in [0.25, 0.3) is 0 Å². The van der Waals surface area contributed by atoms with Gasteiger partial charge in [-0.3, -0.25) is 4.98 Å². The molecule has 0 radical (unpaired) electrons. The number of hydrogen-bond acceptors (Lipinski definition) is 3. The zero-order chi connectivity index (χ0) is 15.0. The highest BCUT2D eigenvalue weighted by Crippen LogP contribution is 2.27. The average molecular weight is 285 g/mol. The van der Waals surface area contributed by atoms with Crippen molar-refractivity contribution in [2.24, 2.45) is 0 Å². The van der Waals surface area contributed by atoms with E-state index in [4.69, 9.17) is 4.74 Å². The van der Waals surface area contributed by atoms with Gasteiger partial charge in [-0.1, -0.05) is 6.08 Å². The van der Waals surface area contributed by atoms with Crippen LogP contribution in [0.15, 0.2) is 30.6 Å². The van der Waals surface area contributed by atoms with Crippen LogP contribution in [0.2, 0.25) is 0 Å². The summed E-state index contributed by atoms with van der Waals surface area (Å²) >= 11 is 0. The maximum atomic E-state index is 12.1. The molecule has 3 rings (SSSR count). The number of carbonyl (C=O) groups excluding carboxylic acids is 1. The van der Waals surface area contributed by atoms with E-state index in [1.54, 1.807) is 11.1 Å². The van der Waals surface area contributed by atoms with Gasteiger partial charge < -0.3 is 14.6 Å². The van der Waals surface area contributed by atoms with Gasteiger partial charge in [0.05, 0.1) is 11.0 Å². The Balaban J connectivity index is 1.77. The largest absolute Gasteiger partial charge is 0.444 e. The van der Waals surface area contributed by atoms with Crippen LogP contribution in [0.1, 0.15) is 26.3 Å². The van der Waals surface area contributed by atoms with Crippen molar-refractivity contribution in [3.63, 3.8) is 0 Å². The van der Waals surface area contributed by atoms with E-state index in [9.17, 15) is 4.79 Å². The highest BCUT2D eigenvalue weighted by Gasteiger charge is 2.26. The number of amides is 1. The topological polar surface area (TPSA) is 58.2 Å². The van der Waals surface area contributed by atoms with Gasteiger partial charge in [-0.05, 0) is 38.5 Å². The normalized spacial score (nSPS) is 15.4. The molecule has 0 aliphatic carbocycles. The van der Waals surface area contributed by atoms with Crippen molar-refractivity contribution in [2.75, 3.05) is 13.1 Å². The van der Waals surface area contributed by atoms with Gasteiger partial charge in [-0.15, -0.1) is 0 Å². The minimum Gasteiger partial charge on any atom is -0.444 e. The summed E-state index contributed by atoms with van der Waals surface area (Å²) in [5.41, 5.74) is 3.63. The number of nitrogens with one attached hydrogen (secondary N) is 1. The van der Waals surface area contributed by atoms with Gasteiger partial charge in [0.15, 0.2) is 0 Å². The zero-order valence-corrected chi connectivity index (χ0v) is 12.5. The lowest BCUT2D eigenvalue weighted by atomic mass is 10.1. The van der Waals surface area contributed by atoms with Crippen LogP contribution in [-0.4, -0.2) is 39.7 Å². The van der Waals surface area contributed by atoms with Crippen LogP contribution in [0.25, 0.3) is 16.6 Å². The Labute approximate surface area is 123 Å². The lowest BCUT2D eigenvalue weighted by molar-refractivity contribution is 0.0306. The summed E-state index contributed by atoms with van der Waals surface area (Å²) in [6, 6.07) is 3.89. The third kappa shape index (κ3) is 2.77. The van der Waals surface area contributed by atoms with Crippen molar-refractivity contribution in [1.29, 1.82) is 0 Å². The molecule has 1 N–H and O–H groups in total. The summed E-state index contributed by atoms with van der Waals surface area (Å²) in [5, 5.41) is 0. The Bertz CT molecular complexity index is 710. The Morgan fingerprint density at radius 3 is 3.00 bits per heavy atom. The second-order valence-electron chi connectivity index (χ2n) is 6.19. The zero-order valence-electron chi connectivity index (χ0n) is 12.5. The molecule has 1 aliphatic rings. The van der Waals surface area contributed by atoms with Crippen LogP contribution in [0.3, 0.4) is 0 Å². The van der Waals surface area contributed by atoms with Crippen LogP contribution in [0.4, 0.5) is 4.79 Å². The van der Waals surface area contributed by atoms with Gasteiger partial charge in [0.2, 0.25) is 0 Å². The van der Waals surface area contributed by atoms with E-state index in [1.165, 1.54) is 0 Å². The van der Waals surface area contributed by atoms with Gasteiger partial charge in [-0.2, -0.15) is 0 Å². The number of fused-ring (bicyclic) bond motifs is 1. The number of hydrogen-bond donors (Lipinski definition) is 1. The number of aromatic nitrogens is 2. The third-order valence-electron chi connectivity index (χ3n) is 3.35. The fourth-order valence-electron chi connectivity index (χ4n) is 2.42. The van der Waals surface area contributed by atoms with E-state index in [0.29, 0.717) is 13.1 Å². The first-order valence-electron chi connectivity index (χ1n) is 7.03. The highest BCUT2D eigenvalue weighted by atomic mass is 16.6. The molecule has 2 aromatic rings. The van der Waals surface area contributed by atoms with Crippen LogP contribution < -0.4 is 0 Å². The molecule has 3 heterocycles. The first kappa shape index (κ1) is 13.7. The number of rotatable bonds is 1. The highest BCUT2D eigenvalue weighted by molar-refractivity contribution is 5.91. The van der Waals surface area contributed by atoms with Crippen LogP contribution in [0.5, 0.6) is 0 Å². The predicted octanol–water partition coefficient (Wildman–Crippen LogP) is 3.20. The van der Waals surface area contributed by atoms with Crippen molar-refractivity contribution in [1.82, 2.24) is 14.9 Å². The SMILES string of the molecule is CC(C)(C)OC(=O)N1CC=C(c2c[nH]c3cccnc23)C1. The molecular weight excluding hydrogens is 266 g/mol. The van der Waals surface area contributed by atoms with Crippen LogP contribution in [-0.2, 0) is 4.74 Å². The molecule has 1 aliphatic heterocycles. The molecule has 21 heavy (non-hydrogen) atoms. The number of H-pyrrole nitrogens is 1. The van der Waals surface area contributed by atoms with E-state index in [-0.39, 0.29) is 6.09 Å². The predicted molar refractivity (Wildman–Crippen MR) is 81.9 cm³/mol. The molecule has 0 saturated carbocycles. The smallest absolute Gasteiger partial charge is 0.410 e. The summed E-state index contributed by atoms with van der Waals surface area (Å²) in [7, 11) is 0. The van der Waals surface area contributed by atoms with Gasteiger partial charge in [0.1, 0.15) is 5.60 Å². The lowest BCUT2D eigenvalue weighted by Crippen LogP contribution is -2.35. The molecule has 5 heteroatoms. The molecule has 5 nitrogen and oxygen atoms in total. The quantitative estimate of drug-likeness (QED) is 0.875. The Kier molecular flexibility index (Phi) is 3.20. The van der Waals surface area contributed by atoms with Crippen molar-refractivity contribution in [3.8, 4) is 0 Å². The summed E-state index contributed by atoms with van der Waals surface area (Å²) in [6.07, 6.45) is 5.51. The third-order valence-corrected chi connectivity index (χ3v) is 3.35. The molecule has 1 amide bonds. The van der Waals surface area contributed by atoms with Crippen molar-refractivity contribution < 1.29 is 9.53 Å². The molecule has 0 bridgehead atoms. The molecule has 110 valence electrons. The maximum Gasteiger partial charge on any atom is 0.410 e. The van der Waals surface area contributed by atoms with Crippen molar-refractivity contribution in [2.45, 2.75) is 26.4 Å². The fourth-order valence-corrected chi connectivity index (χ4v) is 2.42. The summed E-state index contributed by atoms with van der Waals surface area (Å²) in [4.78, 5) is 21.4. The average Bonchev–Trinajstić information content (AvgIpc) is 3.03. The summed E-state index contributed by atoms with van der Waals surface area (Å²) in [6.45, 7) is 6.75. The van der Waals surface area contributed by atoms with Gasteiger partial charge in [0, 0.05) is 31.0 Å². The van der Waals surface area contributed by atoms with Crippen LogP contribution >= 0.6 is 0 Å². The Morgan fingerprint density at radius 1 is 1.43 bits per heavy atom. The molecule has 0 spiro atoms. The second-order valence-corrected chi connectivity index (χ2v) is 6.19. The molecule has 0 unspecified atom stereocenters. The maximum absolute atomic E-state index is 12.1. The van der Waals surface area contributed by atoms with Crippen molar-refractivity contribution in [3.05, 3.63) is 36.2 Å². The number of pyridine rings is 1. The molecule has 0 saturated heterocycles. The molecule has 0 fully saturated rings. The molecular formula is C16H19N3O2. The number of carbonyl (C=O) groups is 1. The van der Waals surface area contributed by atoms with E-state index in [1.807, 2.05) is 39.1 Å². The number of nitrogens with zero attached hydrogens (tertiary/aromatic N) is 2. The number of aromatic amines is 1. The number of ether oxygens (including phenoxy) is 1. The van der Waals surface area contributed by atoms with Gasteiger partial charge in [-0.25, -0.2) is 4.79 Å². The molecule has 2 aromatic heterocycles. The monoisotopic (exact) mass is 285 g/mol. The fraction of sp³-hybridized carbons (Fsp3) is 0.375. The van der Waals surface area contributed by atoms with Crippen LogP contribution in [0, 0.1) is 0 Å². The molecule has 0 aromatic carbocycles. The van der Waals surface area contributed by atoms with Gasteiger partial charge >= 0.3 is 6.09 Å². The van der Waals surface area contributed by atoms with E-state index in [0.717, 1.165) is 22.2 Å². The lowest BCUT2D eigenvalue weighted by Gasteiger charge is -2.24. The second kappa shape index (κ2) is 4.91. The summed E-state index contributed by atoms with van der Waals surface area (Å²) < 4.78 is 5.41. The Hall–Kier alpha value is -2.30. The molecule has 0 atom stereocenters. The standard InChI is InChI=1S/C16H19N3O2/c1-16(2,3)21-15(20)19-8-6-11(10-19)12-9-18-13-5-4-7-17-14(12)13/h4-7,9,18H,8,10H2,1-3H3. The first-order chi connectivity index (χ1) is 9.94. The van der Waals surface area contributed by atoms with E-state index >= 15 is 0 Å². The minimum atomic E-state index is -0.470. The van der Waals surface area contributed by atoms with Crippen molar-refractivity contribution >= 4 is 22.7 Å². The summed E-state index contributed by atoms with van der Waals surface area (Å²) in [5.74, 6) is 0. The minimum absolute atomic E-state index is 0.276.